The van der Waals surface area contributed by atoms with Crippen LogP contribution in [0.3, 0.4) is 0 Å². The Morgan fingerprint density at radius 2 is 1.93 bits per heavy atom. The third kappa shape index (κ3) is 2.20. The fraction of sp³-hybridized carbons (Fsp3) is 0.250. The summed E-state index contributed by atoms with van der Waals surface area (Å²) in [4.78, 5) is -0.0829. The van der Waals surface area contributed by atoms with Crippen molar-refractivity contribution in [3.05, 3.63) is 27.7 Å². The van der Waals surface area contributed by atoms with Crippen molar-refractivity contribution in [2.45, 2.75) is 18.2 Å². The molecule has 2 N–H and O–H groups in total. The second-order valence-corrected chi connectivity index (χ2v) is 5.05. The fourth-order valence-corrected chi connectivity index (χ4v) is 2.71. The lowest BCUT2D eigenvalue weighted by molar-refractivity contribution is 0.597. The van der Waals surface area contributed by atoms with Crippen LogP contribution in [0.25, 0.3) is 0 Å². The predicted molar refractivity (Wildman–Crippen MR) is 57.2 cm³/mol. The van der Waals surface area contributed by atoms with Crippen molar-refractivity contribution < 1.29 is 8.42 Å². The van der Waals surface area contributed by atoms with E-state index in [0.717, 1.165) is 0 Å². The first kappa shape index (κ1) is 11.8. The summed E-state index contributed by atoms with van der Waals surface area (Å²) in [5, 5.41) is 5.54. The van der Waals surface area contributed by atoms with E-state index in [4.69, 9.17) is 28.3 Å². The molecule has 14 heavy (non-hydrogen) atoms. The molecule has 0 unspecified atom stereocenters. The molecular weight excluding hydrogens is 245 g/mol. The van der Waals surface area contributed by atoms with Gasteiger partial charge in [0.1, 0.15) is 4.90 Å². The molecule has 78 valence electrons. The summed E-state index contributed by atoms with van der Waals surface area (Å²) in [6.07, 6.45) is 0.557. The standard InChI is InChI=1S/C8H9Cl2NO2S/c1-2-5-6(9)3-4-7(8(5)10)14(11,12)13/h3-4H,2H2,1H3,(H2,11,12,13). The number of nitrogens with two attached hydrogens (primary N) is 1. The summed E-state index contributed by atoms with van der Waals surface area (Å²) < 4.78 is 22.2. The molecule has 1 rings (SSSR count). The Kier molecular flexibility index (Phi) is 3.42. The van der Waals surface area contributed by atoms with Crippen LogP contribution in [0, 0.1) is 0 Å². The van der Waals surface area contributed by atoms with Crippen LogP contribution in [-0.4, -0.2) is 8.42 Å². The summed E-state index contributed by atoms with van der Waals surface area (Å²) in [7, 11) is -3.77. The van der Waals surface area contributed by atoms with Crippen molar-refractivity contribution in [2.24, 2.45) is 5.14 Å². The van der Waals surface area contributed by atoms with Gasteiger partial charge in [-0.15, -0.1) is 0 Å². The smallest absolute Gasteiger partial charge is 0.225 e. The van der Waals surface area contributed by atoms with E-state index in [1.54, 1.807) is 0 Å². The molecule has 1 aromatic rings. The number of halogens is 2. The maximum atomic E-state index is 11.1. The average molecular weight is 254 g/mol. The highest BCUT2D eigenvalue weighted by Gasteiger charge is 2.16. The van der Waals surface area contributed by atoms with Crippen LogP contribution < -0.4 is 5.14 Å². The minimum atomic E-state index is -3.77. The van der Waals surface area contributed by atoms with Crippen molar-refractivity contribution in [1.29, 1.82) is 0 Å². The molecular formula is C8H9Cl2NO2S. The number of primary sulfonamides is 1. The minimum Gasteiger partial charge on any atom is -0.225 e. The number of benzene rings is 1. The van der Waals surface area contributed by atoms with Crippen molar-refractivity contribution in [2.75, 3.05) is 0 Å². The van der Waals surface area contributed by atoms with Gasteiger partial charge in [0.2, 0.25) is 10.0 Å². The van der Waals surface area contributed by atoms with Gasteiger partial charge in [0.15, 0.2) is 0 Å². The first-order valence-corrected chi connectivity index (χ1v) is 6.17. The normalized spacial score (nSPS) is 11.7. The van der Waals surface area contributed by atoms with Crippen LogP contribution in [0.4, 0.5) is 0 Å². The topological polar surface area (TPSA) is 60.2 Å². The summed E-state index contributed by atoms with van der Waals surface area (Å²) in [5.41, 5.74) is 0.597. The maximum Gasteiger partial charge on any atom is 0.239 e. The first-order valence-electron chi connectivity index (χ1n) is 3.87. The molecule has 6 heteroatoms. The second kappa shape index (κ2) is 4.06. The van der Waals surface area contributed by atoms with E-state index in [2.05, 4.69) is 0 Å². The molecule has 0 atom stereocenters. The van der Waals surface area contributed by atoms with Crippen molar-refractivity contribution in [1.82, 2.24) is 0 Å². The fourth-order valence-electron chi connectivity index (χ4n) is 1.12. The van der Waals surface area contributed by atoms with E-state index < -0.39 is 10.0 Å². The molecule has 0 aliphatic rings. The lowest BCUT2D eigenvalue weighted by atomic mass is 10.2. The van der Waals surface area contributed by atoms with Gasteiger partial charge in [0.05, 0.1) is 5.02 Å². The predicted octanol–water partition coefficient (Wildman–Crippen LogP) is 2.20. The lowest BCUT2D eigenvalue weighted by Crippen LogP contribution is -2.13. The summed E-state index contributed by atoms with van der Waals surface area (Å²) in [5.74, 6) is 0. The second-order valence-electron chi connectivity index (χ2n) is 2.74. The van der Waals surface area contributed by atoms with E-state index >= 15 is 0 Å². The highest BCUT2D eigenvalue weighted by molar-refractivity contribution is 7.89. The van der Waals surface area contributed by atoms with E-state index in [-0.39, 0.29) is 9.92 Å². The highest BCUT2D eigenvalue weighted by Crippen LogP contribution is 2.30. The first-order chi connectivity index (χ1) is 6.38. The minimum absolute atomic E-state index is 0.0829. The number of hydrogen-bond acceptors (Lipinski definition) is 2. The summed E-state index contributed by atoms with van der Waals surface area (Å²) >= 11 is 11.7. The zero-order valence-electron chi connectivity index (χ0n) is 7.42. The van der Waals surface area contributed by atoms with Gasteiger partial charge in [0.25, 0.3) is 0 Å². The van der Waals surface area contributed by atoms with Gasteiger partial charge < -0.3 is 0 Å². The molecule has 0 aromatic heterocycles. The van der Waals surface area contributed by atoms with Gasteiger partial charge in [-0.05, 0) is 24.1 Å². The van der Waals surface area contributed by atoms with Crippen LogP contribution in [0.1, 0.15) is 12.5 Å². The Morgan fingerprint density at radius 1 is 1.36 bits per heavy atom. The molecule has 0 fully saturated rings. The molecule has 0 spiro atoms. The summed E-state index contributed by atoms with van der Waals surface area (Å²) in [6, 6.07) is 2.78. The molecule has 3 nitrogen and oxygen atoms in total. The third-order valence-corrected chi connectivity index (χ3v) is 3.66. The Labute approximate surface area is 92.9 Å². The van der Waals surface area contributed by atoms with Crippen molar-refractivity contribution in [3.63, 3.8) is 0 Å². The average Bonchev–Trinajstić information content (AvgIpc) is 2.02. The van der Waals surface area contributed by atoms with Gasteiger partial charge >= 0.3 is 0 Å². The molecule has 0 radical (unpaired) electrons. The number of hydrogen-bond donors (Lipinski definition) is 1. The molecule has 1 aromatic carbocycles. The van der Waals surface area contributed by atoms with E-state index in [1.807, 2.05) is 6.92 Å². The number of rotatable bonds is 2. The van der Waals surface area contributed by atoms with Gasteiger partial charge in [-0.3, -0.25) is 0 Å². The zero-order valence-corrected chi connectivity index (χ0v) is 9.75. The van der Waals surface area contributed by atoms with Crippen LogP contribution in [0.2, 0.25) is 10.0 Å². The van der Waals surface area contributed by atoms with Crippen LogP contribution >= 0.6 is 23.2 Å². The van der Waals surface area contributed by atoms with Gasteiger partial charge in [-0.25, -0.2) is 13.6 Å². The monoisotopic (exact) mass is 253 g/mol. The van der Waals surface area contributed by atoms with Crippen molar-refractivity contribution >= 4 is 33.2 Å². The molecule has 0 saturated carbocycles. The third-order valence-electron chi connectivity index (χ3n) is 1.81. The largest absolute Gasteiger partial charge is 0.239 e. The van der Waals surface area contributed by atoms with E-state index in [1.165, 1.54) is 12.1 Å². The van der Waals surface area contributed by atoms with Crippen molar-refractivity contribution in [3.8, 4) is 0 Å². The van der Waals surface area contributed by atoms with Gasteiger partial charge in [-0.2, -0.15) is 0 Å². The molecule has 0 bridgehead atoms. The lowest BCUT2D eigenvalue weighted by Gasteiger charge is -2.07. The Balaban J connectivity index is 3.52. The van der Waals surface area contributed by atoms with Crippen LogP contribution in [-0.2, 0) is 16.4 Å². The van der Waals surface area contributed by atoms with Crippen LogP contribution in [0.15, 0.2) is 17.0 Å². The molecule has 0 saturated heterocycles. The van der Waals surface area contributed by atoms with E-state index in [9.17, 15) is 8.42 Å². The SMILES string of the molecule is CCc1c(Cl)ccc(S(N)(=O)=O)c1Cl. The molecule has 0 amide bonds. The van der Waals surface area contributed by atoms with Crippen LogP contribution in [0.5, 0.6) is 0 Å². The maximum absolute atomic E-state index is 11.1. The molecule has 0 aliphatic carbocycles. The molecule has 0 heterocycles. The Morgan fingerprint density at radius 3 is 2.36 bits per heavy atom. The Hall–Kier alpha value is -0.290. The highest BCUT2D eigenvalue weighted by atomic mass is 35.5. The van der Waals surface area contributed by atoms with Gasteiger partial charge in [0, 0.05) is 5.02 Å². The quantitative estimate of drug-likeness (QED) is 0.879. The van der Waals surface area contributed by atoms with Gasteiger partial charge in [-0.1, -0.05) is 30.1 Å². The van der Waals surface area contributed by atoms with E-state index in [0.29, 0.717) is 17.0 Å². The Bertz CT molecular complexity index is 457. The molecule has 0 aliphatic heterocycles. The zero-order chi connectivity index (χ0) is 10.9. The summed E-state index contributed by atoms with van der Waals surface area (Å²) in [6.45, 7) is 1.83. The number of sulfonamides is 1.